The van der Waals surface area contributed by atoms with Gasteiger partial charge in [0.15, 0.2) is 20.0 Å². The number of carbonyl (C=O) groups excluding carboxylic acids is 1. The lowest BCUT2D eigenvalue weighted by Crippen LogP contribution is -2.40. The van der Waals surface area contributed by atoms with E-state index in [-0.39, 0.29) is 17.5 Å². The van der Waals surface area contributed by atoms with Crippen LogP contribution >= 0.6 is 0 Å². The molecule has 0 unspecified atom stereocenters. The van der Waals surface area contributed by atoms with E-state index in [0.717, 1.165) is 0 Å². The van der Waals surface area contributed by atoms with Crippen molar-refractivity contribution in [3.8, 4) is 0 Å². The molecule has 0 radical (unpaired) electrons. The lowest BCUT2D eigenvalue weighted by Gasteiger charge is -2.36. The van der Waals surface area contributed by atoms with Gasteiger partial charge in [-0.2, -0.15) is 0 Å². The second-order valence-corrected chi connectivity index (χ2v) is 13.1. The first-order valence-electron chi connectivity index (χ1n) is 8.00. The van der Waals surface area contributed by atoms with E-state index >= 15 is 0 Å². The van der Waals surface area contributed by atoms with Gasteiger partial charge in [0, 0.05) is 11.8 Å². The van der Waals surface area contributed by atoms with Gasteiger partial charge in [-0.3, -0.25) is 5.32 Å². The number of nitrogens with zero attached hydrogens (tertiary/aromatic N) is 1. The summed E-state index contributed by atoms with van der Waals surface area (Å²) in [5, 5.41) is 2.38. The highest BCUT2D eigenvalue weighted by atomic mass is 28.4. The first-order valence-corrected chi connectivity index (χ1v) is 10.9. The molecule has 0 aliphatic heterocycles. The van der Waals surface area contributed by atoms with E-state index in [0.29, 0.717) is 5.56 Å². The molecule has 1 amide bonds. The first-order chi connectivity index (χ1) is 10.7. The molecule has 0 saturated heterocycles. The van der Waals surface area contributed by atoms with Crippen LogP contribution in [0.2, 0.25) is 18.1 Å². The van der Waals surface area contributed by atoms with Gasteiger partial charge in [-0.05, 0) is 45.0 Å². The number of ether oxygens (including phenoxy) is 1. The fourth-order valence-electron chi connectivity index (χ4n) is 1.56. The van der Waals surface area contributed by atoms with Crippen LogP contribution in [0.3, 0.4) is 0 Å². The number of anilines is 1. The number of rotatable bonds is 4. The Morgan fingerprint density at radius 3 is 2.33 bits per heavy atom. The Hall–Kier alpha value is -1.47. The van der Waals surface area contributed by atoms with Crippen molar-refractivity contribution >= 4 is 20.2 Å². The van der Waals surface area contributed by atoms with E-state index in [4.69, 9.17) is 9.16 Å². The highest BCUT2D eigenvalue weighted by molar-refractivity contribution is 6.74. The number of hydrogen-bond donors (Lipinski definition) is 1. The van der Waals surface area contributed by atoms with Crippen molar-refractivity contribution in [1.82, 2.24) is 4.98 Å². The summed E-state index contributed by atoms with van der Waals surface area (Å²) in [7, 11) is -1.99. The SMILES string of the molecule is CC(C)(C)OC(=O)Nc1nccc(CO[Si](C)(C)C(C)(C)C)c1F. The molecule has 24 heavy (non-hydrogen) atoms. The molecule has 7 heteroatoms. The molecular weight excluding hydrogens is 327 g/mol. The summed E-state index contributed by atoms with van der Waals surface area (Å²) in [6.07, 6.45) is 0.705. The summed E-state index contributed by atoms with van der Waals surface area (Å²) in [5.74, 6) is -0.748. The van der Waals surface area contributed by atoms with E-state index in [1.54, 1.807) is 26.8 Å². The summed E-state index contributed by atoms with van der Waals surface area (Å²) in [4.78, 5) is 15.6. The topological polar surface area (TPSA) is 60.5 Å². The Morgan fingerprint density at radius 2 is 1.83 bits per heavy atom. The van der Waals surface area contributed by atoms with Gasteiger partial charge in [0.05, 0.1) is 6.61 Å². The summed E-state index contributed by atoms with van der Waals surface area (Å²) in [6.45, 7) is 15.9. The van der Waals surface area contributed by atoms with E-state index < -0.39 is 25.8 Å². The maximum Gasteiger partial charge on any atom is 0.413 e. The molecule has 0 aliphatic rings. The Labute approximate surface area is 145 Å². The van der Waals surface area contributed by atoms with Crippen molar-refractivity contribution in [1.29, 1.82) is 0 Å². The molecule has 5 nitrogen and oxygen atoms in total. The standard InChI is InChI=1S/C17H29FN2O3Si/c1-16(2,3)23-15(21)20-14-13(18)12(9-10-19-14)11-22-24(7,8)17(4,5)6/h9-10H,11H2,1-8H3,(H,19,20,21). The maximum absolute atomic E-state index is 14.5. The van der Waals surface area contributed by atoms with Crippen LogP contribution in [-0.4, -0.2) is 25.0 Å². The van der Waals surface area contributed by atoms with Crippen molar-refractivity contribution in [2.45, 2.75) is 71.9 Å². The molecule has 136 valence electrons. The van der Waals surface area contributed by atoms with Crippen molar-refractivity contribution in [3.63, 3.8) is 0 Å². The summed E-state index contributed by atoms with van der Waals surface area (Å²) < 4.78 is 25.7. The third kappa shape index (κ3) is 5.87. The molecule has 1 aromatic heterocycles. The lowest BCUT2D eigenvalue weighted by atomic mass is 10.2. The normalized spacial score (nSPS) is 12.9. The van der Waals surface area contributed by atoms with Crippen LogP contribution in [0.1, 0.15) is 47.1 Å². The minimum Gasteiger partial charge on any atom is -0.444 e. The lowest BCUT2D eigenvalue weighted by molar-refractivity contribution is 0.0634. The third-order valence-electron chi connectivity index (χ3n) is 3.98. The van der Waals surface area contributed by atoms with E-state index in [1.807, 2.05) is 0 Å². The highest BCUT2D eigenvalue weighted by Crippen LogP contribution is 2.37. The number of aromatic nitrogens is 1. The molecule has 0 fully saturated rings. The van der Waals surface area contributed by atoms with Gasteiger partial charge in [-0.1, -0.05) is 20.8 Å². The molecular formula is C17H29FN2O3Si. The van der Waals surface area contributed by atoms with E-state index in [2.05, 4.69) is 44.2 Å². The fraction of sp³-hybridized carbons (Fsp3) is 0.647. The van der Waals surface area contributed by atoms with Crippen LogP contribution in [0, 0.1) is 5.82 Å². The van der Waals surface area contributed by atoms with Gasteiger partial charge in [0.1, 0.15) is 5.60 Å². The predicted octanol–water partition coefficient (Wildman–Crippen LogP) is 5.09. The zero-order chi connectivity index (χ0) is 18.8. The van der Waals surface area contributed by atoms with Crippen LogP contribution in [0.25, 0.3) is 0 Å². The Balaban J connectivity index is 2.85. The van der Waals surface area contributed by atoms with Crippen LogP contribution in [-0.2, 0) is 15.8 Å². The zero-order valence-electron chi connectivity index (χ0n) is 15.9. The Bertz CT molecular complexity index is 592. The van der Waals surface area contributed by atoms with Gasteiger partial charge in [0.25, 0.3) is 0 Å². The fourth-order valence-corrected chi connectivity index (χ4v) is 2.51. The molecule has 0 atom stereocenters. The van der Waals surface area contributed by atoms with Crippen LogP contribution in [0.4, 0.5) is 15.0 Å². The van der Waals surface area contributed by atoms with Crippen molar-refractivity contribution < 1.29 is 18.3 Å². The number of halogens is 1. The summed E-state index contributed by atoms with van der Waals surface area (Å²) >= 11 is 0. The Morgan fingerprint density at radius 1 is 1.25 bits per heavy atom. The van der Waals surface area contributed by atoms with Crippen LogP contribution in [0.5, 0.6) is 0 Å². The number of pyridine rings is 1. The van der Waals surface area contributed by atoms with Gasteiger partial charge in [-0.25, -0.2) is 14.2 Å². The third-order valence-corrected chi connectivity index (χ3v) is 8.46. The quantitative estimate of drug-likeness (QED) is 0.763. The van der Waals surface area contributed by atoms with Crippen molar-refractivity contribution in [3.05, 3.63) is 23.6 Å². The largest absolute Gasteiger partial charge is 0.444 e. The monoisotopic (exact) mass is 356 g/mol. The molecule has 0 spiro atoms. The maximum atomic E-state index is 14.5. The van der Waals surface area contributed by atoms with Gasteiger partial charge >= 0.3 is 6.09 Å². The highest BCUT2D eigenvalue weighted by Gasteiger charge is 2.37. The second kappa shape index (κ2) is 7.19. The number of hydrogen-bond acceptors (Lipinski definition) is 4. The Kier molecular flexibility index (Phi) is 6.16. The second-order valence-electron chi connectivity index (χ2n) is 8.31. The van der Waals surface area contributed by atoms with Crippen LogP contribution in [0.15, 0.2) is 12.3 Å². The molecule has 1 heterocycles. The average molecular weight is 357 g/mol. The van der Waals surface area contributed by atoms with E-state index in [9.17, 15) is 9.18 Å². The van der Waals surface area contributed by atoms with Gasteiger partial charge < -0.3 is 9.16 Å². The summed E-state index contributed by atoms with van der Waals surface area (Å²) in [6, 6.07) is 1.56. The molecule has 0 aliphatic carbocycles. The smallest absolute Gasteiger partial charge is 0.413 e. The molecule has 1 rings (SSSR count). The molecule has 0 bridgehead atoms. The number of carbonyl (C=O) groups is 1. The summed E-state index contributed by atoms with van der Waals surface area (Å²) in [5.41, 5.74) is -0.301. The molecule has 0 aromatic carbocycles. The number of amides is 1. The van der Waals surface area contributed by atoms with Gasteiger partial charge in [0.2, 0.25) is 0 Å². The van der Waals surface area contributed by atoms with Crippen molar-refractivity contribution in [2.75, 3.05) is 5.32 Å². The van der Waals surface area contributed by atoms with Crippen molar-refractivity contribution in [2.24, 2.45) is 0 Å². The zero-order valence-corrected chi connectivity index (χ0v) is 16.9. The van der Waals surface area contributed by atoms with E-state index in [1.165, 1.54) is 6.20 Å². The number of nitrogens with one attached hydrogen (secondary N) is 1. The molecule has 1 N–H and O–H groups in total. The minimum absolute atomic E-state index is 0.0358. The van der Waals surface area contributed by atoms with Crippen LogP contribution < -0.4 is 5.32 Å². The molecule has 0 saturated carbocycles. The average Bonchev–Trinajstić information content (AvgIpc) is 2.36. The minimum atomic E-state index is -1.99. The first kappa shape index (κ1) is 20.6. The van der Waals surface area contributed by atoms with Gasteiger partial charge in [-0.15, -0.1) is 0 Å². The predicted molar refractivity (Wildman–Crippen MR) is 96.0 cm³/mol. The molecule has 1 aromatic rings.